The number of carbonyl (C=O) groups excluding carboxylic acids is 1. The van der Waals surface area contributed by atoms with Gasteiger partial charge in [-0.1, -0.05) is 12.1 Å². The topological polar surface area (TPSA) is 107 Å². The molecule has 20 heavy (non-hydrogen) atoms. The molecule has 1 aromatic carbocycles. The highest BCUT2D eigenvalue weighted by Crippen LogP contribution is 2.25. The SMILES string of the molecule is CC(C)(CN)NC(=O)COc1ccccc1[N+](=O)[O-].Cl. The first-order valence-electron chi connectivity index (χ1n) is 5.73. The third-order valence-corrected chi connectivity index (χ3v) is 2.41. The molecule has 1 aromatic rings. The van der Waals surface area contributed by atoms with Gasteiger partial charge >= 0.3 is 5.69 Å². The predicted octanol–water partition coefficient (Wildman–Crippen LogP) is 1.25. The van der Waals surface area contributed by atoms with E-state index in [1.165, 1.54) is 18.2 Å². The molecule has 3 N–H and O–H groups in total. The maximum atomic E-state index is 11.6. The van der Waals surface area contributed by atoms with Crippen LogP contribution < -0.4 is 15.8 Å². The van der Waals surface area contributed by atoms with Gasteiger partial charge in [0.05, 0.1) is 4.92 Å². The number of nitrogens with two attached hydrogens (primary N) is 1. The maximum Gasteiger partial charge on any atom is 0.310 e. The van der Waals surface area contributed by atoms with Gasteiger partial charge in [0.2, 0.25) is 0 Å². The van der Waals surface area contributed by atoms with E-state index in [0.29, 0.717) is 0 Å². The van der Waals surface area contributed by atoms with E-state index in [4.69, 9.17) is 10.5 Å². The van der Waals surface area contributed by atoms with Crippen LogP contribution in [0.2, 0.25) is 0 Å². The molecule has 7 nitrogen and oxygen atoms in total. The Morgan fingerprint density at radius 3 is 2.60 bits per heavy atom. The Labute approximate surface area is 123 Å². The highest BCUT2D eigenvalue weighted by atomic mass is 35.5. The van der Waals surface area contributed by atoms with Gasteiger partial charge in [0, 0.05) is 18.2 Å². The first-order valence-corrected chi connectivity index (χ1v) is 5.73. The zero-order chi connectivity index (χ0) is 14.5. The standard InChI is InChI=1S/C12H17N3O4.ClH/c1-12(2,8-13)14-11(16)7-19-10-6-4-3-5-9(10)15(17)18;/h3-6H,7-8,13H2,1-2H3,(H,14,16);1H. The van der Waals surface area contributed by atoms with Crippen molar-refractivity contribution in [1.29, 1.82) is 0 Å². The van der Waals surface area contributed by atoms with Gasteiger partial charge < -0.3 is 15.8 Å². The second-order valence-corrected chi connectivity index (χ2v) is 4.65. The van der Waals surface area contributed by atoms with Crippen molar-refractivity contribution in [1.82, 2.24) is 5.32 Å². The van der Waals surface area contributed by atoms with E-state index in [9.17, 15) is 14.9 Å². The number of carbonyl (C=O) groups is 1. The minimum atomic E-state index is -0.558. The minimum absolute atomic E-state index is 0. The van der Waals surface area contributed by atoms with Crippen LogP contribution in [-0.4, -0.2) is 29.5 Å². The molecule has 0 heterocycles. The molecule has 0 aromatic heterocycles. The summed E-state index contributed by atoms with van der Waals surface area (Å²) in [6.45, 7) is 3.53. The van der Waals surface area contributed by atoms with Gasteiger partial charge in [-0.25, -0.2) is 0 Å². The van der Waals surface area contributed by atoms with Crippen LogP contribution in [0.1, 0.15) is 13.8 Å². The molecule has 0 saturated heterocycles. The molecule has 0 atom stereocenters. The van der Waals surface area contributed by atoms with Crippen molar-refractivity contribution in [3.63, 3.8) is 0 Å². The van der Waals surface area contributed by atoms with Gasteiger partial charge in [-0.2, -0.15) is 0 Å². The molecule has 0 saturated carbocycles. The molecular weight excluding hydrogens is 286 g/mol. The minimum Gasteiger partial charge on any atom is -0.477 e. The molecule has 1 rings (SSSR count). The van der Waals surface area contributed by atoms with Crippen molar-refractivity contribution >= 4 is 24.0 Å². The maximum absolute atomic E-state index is 11.6. The lowest BCUT2D eigenvalue weighted by molar-refractivity contribution is -0.385. The number of amides is 1. The van der Waals surface area contributed by atoms with E-state index in [1.54, 1.807) is 19.9 Å². The highest BCUT2D eigenvalue weighted by Gasteiger charge is 2.20. The Balaban J connectivity index is 0.00000361. The Morgan fingerprint density at radius 1 is 1.45 bits per heavy atom. The monoisotopic (exact) mass is 303 g/mol. The molecule has 0 bridgehead atoms. The second-order valence-electron chi connectivity index (χ2n) is 4.65. The normalized spacial score (nSPS) is 10.3. The van der Waals surface area contributed by atoms with E-state index in [-0.39, 0.29) is 42.9 Å². The molecule has 0 fully saturated rings. The molecule has 0 aliphatic rings. The molecule has 0 aliphatic carbocycles. The highest BCUT2D eigenvalue weighted by molar-refractivity contribution is 5.85. The number of halogens is 1. The van der Waals surface area contributed by atoms with Crippen LogP contribution in [0.5, 0.6) is 5.75 Å². The van der Waals surface area contributed by atoms with E-state index in [1.807, 2.05) is 0 Å². The fourth-order valence-electron chi connectivity index (χ4n) is 1.34. The van der Waals surface area contributed by atoms with Crippen LogP contribution in [0.15, 0.2) is 24.3 Å². The summed E-state index contributed by atoms with van der Waals surface area (Å²) in [5, 5.41) is 13.4. The third-order valence-electron chi connectivity index (χ3n) is 2.41. The summed E-state index contributed by atoms with van der Waals surface area (Å²) in [6, 6.07) is 5.89. The van der Waals surface area contributed by atoms with Gasteiger partial charge in [-0.05, 0) is 19.9 Å². The average molecular weight is 304 g/mol. The summed E-state index contributed by atoms with van der Waals surface area (Å²) in [6.07, 6.45) is 0. The number of para-hydroxylation sites is 2. The van der Waals surface area contributed by atoms with Gasteiger partial charge in [-0.15, -0.1) is 12.4 Å². The van der Waals surface area contributed by atoms with Crippen LogP contribution in [0.25, 0.3) is 0 Å². The summed E-state index contributed by atoms with van der Waals surface area (Å²) in [4.78, 5) is 21.8. The smallest absolute Gasteiger partial charge is 0.310 e. The van der Waals surface area contributed by atoms with E-state index in [2.05, 4.69) is 5.32 Å². The van der Waals surface area contributed by atoms with Crippen LogP contribution in [0.3, 0.4) is 0 Å². The van der Waals surface area contributed by atoms with Gasteiger partial charge in [-0.3, -0.25) is 14.9 Å². The van der Waals surface area contributed by atoms with Gasteiger partial charge in [0.1, 0.15) is 0 Å². The van der Waals surface area contributed by atoms with E-state index in [0.717, 1.165) is 0 Å². The largest absolute Gasteiger partial charge is 0.477 e. The number of ether oxygens (including phenoxy) is 1. The van der Waals surface area contributed by atoms with Crippen molar-refractivity contribution in [2.24, 2.45) is 5.73 Å². The molecule has 112 valence electrons. The first-order chi connectivity index (χ1) is 8.85. The van der Waals surface area contributed by atoms with Crippen LogP contribution in [0.4, 0.5) is 5.69 Å². The van der Waals surface area contributed by atoms with E-state index >= 15 is 0 Å². The number of nitro groups is 1. The predicted molar refractivity (Wildman–Crippen MR) is 77.1 cm³/mol. The molecule has 8 heteroatoms. The summed E-state index contributed by atoms with van der Waals surface area (Å²) in [7, 11) is 0. The lowest BCUT2D eigenvalue weighted by Crippen LogP contribution is -2.50. The zero-order valence-electron chi connectivity index (χ0n) is 11.3. The number of rotatable bonds is 6. The second kappa shape index (κ2) is 7.66. The number of hydrogen-bond acceptors (Lipinski definition) is 5. The molecule has 0 spiro atoms. The van der Waals surface area contributed by atoms with Crippen LogP contribution in [-0.2, 0) is 4.79 Å². The van der Waals surface area contributed by atoms with Crippen molar-refractivity contribution < 1.29 is 14.5 Å². The fraction of sp³-hybridized carbons (Fsp3) is 0.417. The van der Waals surface area contributed by atoms with Crippen molar-refractivity contribution in [3.05, 3.63) is 34.4 Å². The Morgan fingerprint density at radius 2 is 2.05 bits per heavy atom. The quantitative estimate of drug-likeness (QED) is 0.607. The average Bonchev–Trinajstić information content (AvgIpc) is 2.36. The number of nitro benzene ring substituents is 1. The van der Waals surface area contributed by atoms with Crippen LogP contribution >= 0.6 is 12.4 Å². The Bertz CT molecular complexity index is 480. The Hall–Kier alpha value is -1.86. The molecule has 0 unspecified atom stereocenters. The van der Waals surface area contributed by atoms with Crippen molar-refractivity contribution in [2.45, 2.75) is 19.4 Å². The molecule has 1 amide bonds. The third kappa shape index (κ3) is 5.41. The number of benzene rings is 1. The summed E-state index contributed by atoms with van der Waals surface area (Å²) in [5.41, 5.74) is 4.77. The van der Waals surface area contributed by atoms with E-state index < -0.39 is 10.5 Å². The zero-order valence-corrected chi connectivity index (χ0v) is 12.1. The Kier molecular flexibility index (Phi) is 6.95. The summed E-state index contributed by atoms with van der Waals surface area (Å²) >= 11 is 0. The van der Waals surface area contributed by atoms with Crippen molar-refractivity contribution in [3.8, 4) is 5.75 Å². The van der Waals surface area contributed by atoms with Gasteiger partial charge in [0.15, 0.2) is 12.4 Å². The number of nitrogens with one attached hydrogen (secondary N) is 1. The van der Waals surface area contributed by atoms with Crippen molar-refractivity contribution in [2.75, 3.05) is 13.2 Å². The summed E-state index contributed by atoms with van der Waals surface area (Å²) in [5.74, 6) is -0.318. The fourth-order valence-corrected chi connectivity index (χ4v) is 1.34. The number of hydrogen-bond donors (Lipinski definition) is 2. The summed E-state index contributed by atoms with van der Waals surface area (Å²) < 4.78 is 5.16. The molecule has 0 aliphatic heterocycles. The lowest BCUT2D eigenvalue weighted by atomic mass is 10.1. The lowest BCUT2D eigenvalue weighted by Gasteiger charge is -2.24. The molecular formula is C12H18ClN3O4. The molecule has 0 radical (unpaired) electrons. The van der Waals surface area contributed by atoms with Crippen LogP contribution in [0, 0.1) is 10.1 Å². The van der Waals surface area contributed by atoms with Gasteiger partial charge in [0.25, 0.3) is 5.91 Å². The number of nitrogens with zero attached hydrogens (tertiary/aromatic N) is 1. The first kappa shape index (κ1) is 18.1.